The highest BCUT2D eigenvalue weighted by Gasteiger charge is 2.26. The molecule has 2 aromatic rings. The van der Waals surface area contributed by atoms with Gasteiger partial charge in [0.15, 0.2) is 0 Å². The molecule has 2 atom stereocenters. The largest absolute Gasteiger partial charge is 0.400 e. The van der Waals surface area contributed by atoms with Gasteiger partial charge in [0.2, 0.25) is 0 Å². The summed E-state index contributed by atoms with van der Waals surface area (Å²) < 4.78 is 8.12. The Kier molecular flexibility index (Phi) is 5.02. The summed E-state index contributed by atoms with van der Waals surface area (Å²) >= 11 is 6.20. The van der Waals surface area contributed by atoms with Crippen LogP contribution in [0.2, 0.25) is 5.02 Å². The SMILES string of the molecule is CCC1CCC(n2cnc3cc(C)c(Cl)cc32)O1.CO. The quantitative estimate of drug-likeness (QED) is 0.919. The van der Waals surface area contributed by atoms with Crippen LogP contribution in [0.1, 0.15) is 38.0 Å². The van der Waals surface area contributed by atoms with E-state index in [1.807, 2.05) is 25.4 Å². The van der Waals surface area contributed by atoms with Crippen LogP contribution in [0.15, 0.2) is 18.5 Å². The minimum absolute atomic E-state index is 0.110. The summed E-state index contributed by atoms with van der Waals surface area (Å²) in [5.41, 5.74) is 3.11. The topological polar surface area (TPSA) is 47.3 Å². The molecule has 0 saturated carbocycles. The van der Waals surface area contributed by atoms with E-state index < -0.39 is 0 Å². The van der Waals surface area contributed by atoms with Crippen molar-refractivity contribution in [3.8, 4) is 0 Å². The molecule has 0 spiro atoms. The van der Waals surface area contributed by atoms with Gasteiger partial charge in [0.1, 0.15) is 6.23 Å². The highest BCUT2D eigenvalue weighted by atomic mass is 35.5. The van der Waals surface area contributed by atoms with Gasteiger partial charge in [-0.25, -0.2) is 4.98 Å². The zero-order chi connectivity index (χ0) is 14.7. The van der Waals surface area contributed by atoms with Crippen LogP contribution >= 0.6 is 11.6 Å². The monoisotopic (exact) mass is 296 g/mol. The van der Waals surface area contributed by atoms with Gasteiger partial charge in [-0.3, -0.25) is 0 Å². The van der Waals surface area contributed by atoms with Gasteiger partial charge < -0.3 is 14.4 Å². The molecule has 0 radical (unpaired) electrons. The van der Waals surface area contributed by atoms with Crippen molar-refractivity contribution < 1.29 is 9.84 Å². The number of aryl methyl sites for hydroxylation is 1. The van der Waals surface area contributed by atoms with Crippen molar-refractivity contribution in [2.24, 2.45) is 0 Å². The minimum Gasteiger partial charge on any atom is -0.400 e. The Bertz CT molecular complexity index is 583. The van der Waals surface area contributed by atoms with Crippen molar-refractivity contribution >= 4 is 22.6 Å². The molecule has 1 aromatic heterocycles. The zero-order valence-electron chi connectivity index (χ0n) is 12.1. The van der Waals surface area contributed by atoms with E-state index in [4.69, 9.17) is 21.4 Å². The molecule has 0 aliphatic carbocycles. The molecule has 1 saturated heterocycles. The van der Waals surface area contributed by atoms with E-state index in [-0.39, 0.29) is 6.23 Å². The smallest absolute Gasteiger partial charge is 0.135 e. The Morgan fingerprint density at radius 2 is 2.15 bits per heavy atom. The van der Waals surface area contributed by atoms with E-state index in [2.05, 4.69) is 16.5 Å². The van der Waals surface area contributed by atoms with Gasteiger partial charge in [-0.1, -0.05) is 18.5 Å². The van der Waals surface area contributed by atoms with Crippen molar-refractivity contribution in [3.63, 3.8) is 0 Å². The Morgan fingerprint density at radius 1 is 1.40 bits per heavy atom. The first kappa shape index (κ1) is 15.3. The summed E-state index contributed by atoms with van der Waals surface area (Å²) in [5.74, 6) is 0. The van der Waals surface area contributed by atoms with Gasteiger partial charge in [0.25, 0.3) is 0 Å². The van der Waals surface area contributed by atoms with Crippen molar-refractivity contribution in [1.82, 2.24) is 9.55 Å². The van der Waals surface area contributed by atoms with Crippen LogP contribution in [0.25, 0.3) is 11.0 Å². The highest BCUT2D eigenvalue weighted by Crippen LogP contribution is 2.33. The van der Waals surface area contributed by atoms with E-state index in [9.17, 15) is 0 Å². The number of aliphatic hydroxyl groups excluding tert-OH is 1. The third-order valence-electron chi connectivity index (χ3n) is 3.71. The van der Waals surface area contributed by atoms with Crippen LogP contribution in [-0.2, 0) is 4.74 Å². The number of aromatic nitrogens is 2. The number of hydrogen-bond acceptors (Lipinski definition) is 3. The molecule has 1 aromatic carbocycles. The first-order chi connectivity index (χ1) is 9.69. The molecule has 20 heavy (non-hydrogen) atoms. The Balaban J connectivity index is 0.000000704. The van der Waals surface area contributed by atoms with Crippen molar-refractivity contribution in [1.29, 1.82) is 0 Å². The van der Waals surface area contributed by atoms with Crippen LogP contribution < -0.4 is 0 Å². The lowest BCUT2D eigenvalue weighted by atomic mass is 10.2. The molecule has 0 bridgehead atoms. The summed E-state index contributed by atoms with van der Waals surface area (Å²) in [6.45, 7) is 4.17. The molecular weight excluding hydrogens is 276 g/mol. The maximum absolute atomic E-state index is 7.00. The van der Waals surface area contributed by atoms with E-state index in [0.29, 0.717) is 6.10 Å². The van der Waals surface area contributed by atoms with Gasteiger partial charge in [-0.2, -0.15) is 0 Å². The van der Waals surface area contributed by atoms with Gasteiger partial charge in [0.05, 0.1) is 23.5 Å². The molecule has 3 rings (SSSR count). The fourth-order valence-corrected chi connectivity index (χ4v) is 2.73. The second-order valence-electron chi connectivity index (χ2n) is 4.94. The van der Waals surface area contributed by atoms with E-state index >= 15 is 0 Å². The predicted molar refractivity (Wildman–Crippen MR) is 81.1 cm³/mol. The lowest BCUT2D eigenvalue weighted by molar-refractivity contribution is 0.00318. The highest BCUT2D eigenvalue weighted by molar-refractivity contribution is 6.32. The minimum atomic E-state index is 0.110. The standard InChI is InChI=1S/C14H17ClN2O.CH4O/c1-3-10-4-5-14(18-10)17-8-16-12-6-9(2)11(15)7-13(12)17;1-2/h6-8,10,14H,3-5H2,1-2H3;2H,1H3. The Hall–Kier alpha value is -1.10. The summed E-state index contributed by atoms with van der Waals surface area (Å²) in [6.07, 6.45) is 5.61. The zero-order valence-corrected chi connectivity index (χ0v) is 12.9. The van der Waals surface area contributed by atoms with Crippen LogP contribution in [0.5, 0.6) is 0 Å². The maximum Gasteiger partial charge on any atom is 0.135 e. The normalized spacial score (nSPS) is 21.9. The van der Waals surface area contributed by atoms with Crippen LogP contribution in [0.3, 0.4) is 0 Å². The number of nitrogens with zero attached hydrogens (tertiary/aromatic N) is 2. The van der Waals surface area contributed by atoms with E-state index in [1.54, 1.807) is 0 Å². The number of ether oxygens (including phenoxy) is 1. The summed E-state index contributed by atoms with van der Waals surface area (Å²) in [6, 6.07) is 4.02. The molecule has 4 nitrogen and oxygen atoms in total. The third-order valence-corrected chi connectivity index (χ3v) is 4.11. The number of hydrogen-bond donors (Lipinski definition) is 1. The maximum atomic E-state index is 7.00. The molecule has 1 fully saturated rings. The summed E-state index contributed by atoms with van der Waals surface area (Å²) in [4.78, 5) is 4.44. The van der Waals surface area contributed by atoms with Crippen LogP contribution in [0.4, 0.5) is 0 Å². The molecule has 5 heteroatoms. The number of aliphatic hydroxyl groups is 1. The van der Waals surface area contributed by atoms with E-state index in [1.165, 1.54) is 0 Å². The molecule has 1 aliphatic heterocycles. The fraction of sp³-hybridized carbons (Fsp3) is 0.533. The number of rotatable bonds is 2. The van der Waals surface area contributed by atoms with Crippen LogP contribution in [0, 0.1) is 6.92 Å². The van der Waals surface area contributed by atoms with Gasteiger partial charge >= 0.3 is 0 Å². The fourth-order valence-electron chi connectivity index (χ4n) is 2.57. The lowest BCUT2D eigenvalue weighted by Gasteiger charge is -2.15. The molecule has 2 heterocycles. The van der Waals surface area contributed by atoms with Crippen LogP contribution in [-0.4, -0.2) is 27.9 Å². The summed E-state index contributed by atoms with van der Waals surface area (Å²) in [7, 11) is 1.00. The number of benzene rings is 1. The number of halogens is 1. The molecule has 2 unspecified atom stereocenters. The van der Waals surface area contributed by atoms with Crippen molar-refractivity contribution in [2.75, 3.05) is 7.11 Å². The second-order valence-corrected chi connectivity index (χ2v) is 5.35. The first-order valence-corrected chi connectivity index (χ1v) is 7.29. The van der Waals surface area contributed by atoms with Gasteiger partial charge in [-0.05, 0) is 43.9 Å². The van der Waals surface area contributed by atoms with Gasteiger partial charge in [-0.15, -0.1) is 0 Å². The number of imidazole rings is 1. The molecular formula is C15H21ClN2O2. The van der Waals surface area contributed by atoms with Gasteiger partial charge in [0, 0.05) is 12.1 Å². The Morgan fingerprint density at radius 3 is 2.80 bits per heavy atom. The molecule has 110 valence electrons. The average molecular weight is 297 g/mol. The molecule has 1 N–H and O–H groups in total. The van der Waals surface area contributed by atoms with E-state index in [0.717, 1.165) is 48.0 Å². The second kappa shape index (κ2) is 6.57. The van der Waals surface area contributed by atoms with Crippen molar-refractivity contribution in [2.45, 2.75) is 45.4 Å². The third kappa shape index (κ3) is 2.82. The Labute approximate surface area is 124 Å². The molecule has 1 aliphatic rings. The predicted octanol–water partition coefficient (Wildman–Crippen LogP) is 3.69. The average Bonchev–Trinajstić information content (AvgIpc) is 3.08. The number of fused-ring (bicyclic) bond motifs is 1. The first-order valence-electron chi connectivity index (χ1n) is 6.92. The molecule has 0 amide bonds. The van der Waals surface area contributed by atoms with Crippen molar-refractivity contribution in [3.05, 3.63) is 29.0 Å². The summed E-state index contributed by atoms with van der Waals surface area (Å²) in [5, 5.41) is 7.79. The lowest BCUT2D eigenvalue weighted by Crippen LogP contribution is -2.09.